The SMILES string of the molecule is CCCc1nc2cccc(Cl)c2c(=O)n1-c1cnc(N)cc1C.N#Cc1c(N)nc(N)nc1N. The van der Waals surface area contributed by atoms with Gasteiger partial charge in [0.05, 0.1) is 27.8 Å². The lowest BCUT2D eigenvalue weighted by atomic mass is 10.2. The van der Waals surface area contributed by atoms with Gasteiger partial charge in [0, 0.05) is 6.42 Å². The summed E-state index contributed by atoms with van der Waals surface area (Å²) >= 11 is 6.23. The molecule has 0 saturated heterocycles. The summed E-state index contributed by atoms with van der Waals surface area (Å²) in [4.78, 5) is 28.9. The molecule has 11 nitrogen and oxygen atoms in total. The maximum Gasteiger partial charge on any atom is 0.267 e. The second-order valence-electron chi connectivity index (χ2n) is 7.29. The summed E-state index contributed by atoms with van der Waals surface area (Å²) in [7, 11) is 0. The first-order valence-electron chi connectivity index (χ1n) is 10.2. The summed E-state index contributed by atoms with van der Waals surface area (Å²) in [5.74, 6) is 1.11. The van der Waals surface area contributed by atoms with E-state index >= 15 is 0 Å². The van der Waals surface area contributed by atoms with Gasteiger partial charge in [0.25, 0.3) is 5.56 Å². The van der Waals surface area contributed by atoms with E-state index in [0.29, 0.717) is 39.7 Å². The molecule has 4 rings (SSSR count). The van der Waals surface area contributed by atoms with Crippen molar-refractivity contribution in [2.45, 2.75) is 26.7 Å². The topological polar surface area (TPSA) is 201 Å². The lowest BCUT2D eigenvalue weighted by Crippen LogP contribution is -2.25. The Balaban J connectivity index is 0.000000248. The van der Waals surface area contributed by atoms with Crippen LogP contribution in [0, 0.1) is 18.3 Å². The molecule has 8 N–H and O–H groups in total. The fourth-order valence-electron chi connectivity index (χ4n) is 3.31. The number of nitrogen functional groups attached to an aromatic ring is 4. The number of nitrogens with zero attached hydrogens (tertiary/aromatic N) is 6. The second kappa shape index (κ2) is 10.0. The first-order valence-corrected chi connectivity index (χ1v) is 10.6. The van der Waals surface area contributed by atoms with Crippen molar-refractivity contribution in [2.75, 3.05) is 22.9 Å². The van der Waals surface area contributed by atoms with Crippen molar-refractivity contribution in [1.82, 2.24) is 24.5 Å². The first-order chi connectivity index (χ1) is 16.2. The number of pyridine rings is 1. The number of hydrogen-bond donors (Lipinski definition) is 4. The maximum atomic E-state index is 13.1. The minimum Gasteiger partial charge on any atom is -0.384 e. The standard InChI is InChI=1S/C17H17ClN4O.C5H6N6/c1-3-5-15-21-12-7-4-6-11(18)16(12)17(23)22(15)13-9-20-14(19)8-10(13)2;6-1-2-3(7)10-5(9)11-4(2)8/h4,6-9H,3,5H2,1-2H3,(H2,19,20);(H6,7,8,9,10,11). The summed E-state index contributed by atoms with van der Waals surface area (Å²) in [6.07, 6.45) is 3.16. The number of aryl methyl sites for hydroxylation is 2. The number of hydrogen-bond acceptors (Lipinski definition) is 10. The van der Waals surface area contributed by atoms with Gasteiger partial charge in [0.1, 0.15) is 34.9 Å². The Morgan fingerprint density at radius 2 is 1.79 bits per heavy atom. The van der Waals surface area contributed by atoms with Gasteiger partial charge in [-0.15, -0.1) is 0 Å². The Labute approximate surface area is 200 Å². The van der Waals surface area contributed by atoms with Gasteiger partial charge in [-0.3, -0.25) is 9.36 Å². The van der Waals surface area contributed by atoms with E-state index in [2.05, 4.69) is 19.9 Å². The summed E-state index contributed by atoms with van der Waals surface area (Å²) in [5.41, 5.74) is 23.6. The maximum absolute atomic E-state index is 13.1. The first kappa shape index (κ1) is 24.2. The van der Waals surface area contributed by atoms with Crippen molar-refractivity contribution in [1.29, 1.82) is 5.26 Å². The van der Waals surface area contributed by atoms with Gasteiger partial charge in [-0.25, -0.2) is 9.97 Å². The minimum atomic E-state index is -0.182. The summed E-state index contributed by atoms with van der Waals surface area (Å²) in [5, 5.41) is 9.28. The van der Waals surface area contributed by atoms with Crippen LogP contribution in [0.1, 0.15) is 30.3 Å². The second-order valence-corrected chi connectivity index (χ2v) is 7.69. The van der Waals surface area contributed by atoms with E-state index < -0.39 is 0 Å². The monoisotopic (exact) mass is 478 g/mol. The summed E-state index contributed by atoms with van der Waals surface area (Å²) in [6, 6.07) is 8.81. The Hall–Kier alpha value is -4.43. The molecule has 3 heterocycles. The lowest BCUT2D eigenvalue weighted by molar-refractivity contribution is 0.770. The number of rotatable bonds is 3. The van der Waals surface area contributed by atoms with Crippen molar-refractivity contribution in [3.63, 3.8) is 0 Å². The van der Waals surface area contributed by atoms with Crippen LogP contribution < -0.4 is 28.5 Å². The molecule has 3 aromatic heterocycles. The summed E-state index contributed by atoms with van der Waals surface area (Å²) in [6.45, 7) is 3.94. The van der Waals surface area contributed by atoms with Gasteiger partial charge in [-0.05, 0) is 37.1 Å². The smallest absolute Gasteiger partial charge is 0.267 e. The molecule has 0 spiro atoms. The lowest BCUT2D eigenvalue weighted by Gasteiger charge is -2.15. The highest BCUT2D eigenvalue weighted by Gasteiger charge is 2.16. The van der Waals surface area contributed by atoms with Crippen molar-refractivity contribution in [3.8, 4) is 11.8 Å². The van der Waals surface area contributed by atoms with E-state index in [1.807, 2.05) is 13.8 Å². The van der Waals surface area contributed by atoms with E-state index in [1.165, 1.54) is 0 Å². The van der Waals surface area contributed by atoms with Gasteiger partial charge >= 0.3 is 0 Å². The molecule has 0 atom stereocenters. The molecule has 0 amide bonds. The average Bonchev–Trinajstić information content (AvgIpc) is 2.75. The third kappa shape index (κ3) is 4.82. The molecule has 4 aromatic rings. The minimum absolute atomic E-state index is 0.0116. The fraction of sp³-hybridized carbons (Fsp3) is 0.182. The predicted octanol–water partition coefficient (Wildman–Crippen LogP) is 2.37. The molecule has 0 unspecified atom stereocenters. The molecule has 12 heteroatoms. The molecule has 0 radical (unpaired) electrons. The molecule has 0 saturated carbocycles. The Morgan fingerprint density at radius 3 is 2.38 bits per heavy atom. The number of anilines is 4. The van der Waals surface area contributed by atoms with Crippen LogP contribution in [-0.2, 0) is 6.42 Å². The van der Waals surface area contributed by atoms with Crippen molar-refractivity contribution in [3.05, 3.63) is 62.8 Å². The van der Waals surface area contributed by atoms with E-state index in [-0.39, 0.29) is 28.7 Å². The molecule has 0 bridgehead atoms. The highest BCUT2D eigenvalue weighted by molar-refractivity contribution is 6.35. The van der Waals surface area contributed by atoms with Crippen LogP contribution in [0.4, 0.5) is 23.4 Å². The van der Waals surface area contributed by atoms with E-state index in [1.54, 1.807) is 41.1 Å². The van der Waals surface area contributed by atoms with Gasteiger partial charge in [0.15, 0.2) is 0 Å². The van der Waals surface area contributed by atoms with Gasteiger partial charge < -0.3 is 22.9 Å². The van der Waals surface area contributed by atoms with E-state index in [9.17, 15) is 4.79 Å². The third-order valence-electron chi connectivity index (χ3n) is 4.83. The van der Waals surface area contributed by atoms with Crippen LogP contribution in [0.15, 0.2) is 35.3 Å². The Morgan fingerprint density at radius 1 is 1.12 bits per heavy atom. The number of nitrogens with two attached hydrogens (primary N) is 4. The zero-order chi connectivity index (χ0) is 25.0. The Kier molecular flexibility index (Phi) is 7.13. The number of benzene rings is 1. The molecule has 0 aliphatic rings. The molecule has 34 heavy (non-hydrogen) atoms. The van der Waals surface area contributed by atoms with Crippen LogP contribution in [0.25, 0.3) is 16.6 Å². The van der Waals surface area contributed by atoms with E-state index in [0.717, 1.165) is 12.0 Å². The quantitative estimate of drug-likeness (QED) is 0.338. The molecular weight excluding hydrogens is 456 g/mol. The predicted molar refractivity (Wildman–Crippen MR) is 133 cm³/mol. The fourth-order valence-corrected chi connectivity index (χ4v) is 3.56. The van der Waals surface area contributed by atoms with Gasteiger partial charge in [0.2, 0.25) is 5.95 Å². The van der Waals surface area contributed by atoms with Crippen molar-refractivity contribution >= 4 is 45.9 Å². The molecule has 0 aliphatic heterocycles. The Bertz CT molecular complexity index is 1450. The average molecular weight is 479 g/mol. The third-order valence-corrected chi connectivity index (χ3v) is 5.14. The number of aromatic nitrogens is 5. The van der Waals surface area contributed by atoms with Crippen LogP contribution in [0.2, 0.25) is 5.02 Å². The highest BCUT2D eigenvalue weighted by atomic mass is 35.5. The molecule has 0 aliphatic carbocycles. The highest BCUT2D eigenvalue weighted by Crippen LogP contribution is 2.22. The summed E-state index contributed by atoms with van der Waals surface area (Å²) < 4.78 is 1.60. The van der Waals surface area contributed by atoms with Crippen LogP contribution in [-0.4, -0.2) is 24.5 Å². The van der Waals surface area contributed by atoms with Gasteiger partial charge in [-0.1, -0.05) is 24.6 Å². The molecule has 0 fully saturated rings. The van der Waals surface area contributed by atoms with Crippen molar-refractivity contribution in [2.24, 2.45) is 0 Å². The van der Waals surface area contributed by atoms with Gasteiger partial charge in [-0.2, -0.15) is 15.2 Å². The molecule has 174 valence electrons. The van der Waals surface area contributed by atoms with Crippen LogP contribution in [0.3, 0.4) is 0 Å². The zero-order valence-corrected chi connectivity index (χ0v) is 19.3. The van der Waals surface area contributed by atoms with Crippen LogP contribution in [0.5, 0.6) is 0 Å². The zero-order valence-electron chi connectivity index (χ0n) is 18.6. The largest absolute Gasteiger partial charge is 0.384 e. The van der Waals surface area contributed by atoms with E-state index in [4.69, 9.17) is 39.8 Å². The molecule has 1 aromatic carbocycles. The molecular formula is C22H23ClN10O. The number of fused-ring (bicyclic) bond motifs is 1. The van der Waals surface area contributed by atoms with Crippen molar-refractivity contribution < 1.29 is 0 Å². The normalized spacial score (nSPS) is 10.4. The number of halogens is 1. The number of nitriles is 1. The van der Waals surface area contributed by atoms with Crippen LogP contribution >= 0.6 is 11.6 Å².